The zero-order chi connectivity index (χ0) is 16.8. The van der Waals surface area contributed by atoms with Crippen LogP contribution in [0.1, 0.15) is 30.4 Å². The van der Waals surface area contributed by atoms with Crippen molar-refractivity contribution < 1.29 is 4.74 Å². The molecule has 24 heavy (non-hydrogen) atoms. The Bertz CT molecular complexity index is 695. The van der Waals surface area contributed by atoms with Crippen molar-refractivity contribution in [2.24, 2.45) is 5.10 Å². The molecule has 0 aliphatic carbocycles. The predicted molar refractivity (Wildman–Crippen MR) is 94.8 cm³/mol. The van der Waals surface area contributed by atoms with Gasteiger partial charge < -0.3 is 9.64 Å². The molecule has 1 aromatic heterocycles. The molecule has 1 fully saturated rings. The highest BCUT2D eigenvalue weighted by Crippen LogP contribution is 2.19. The minimum Gasteiger partial charge on any atom is -0.467 e. The molecule has 0 saturated carbocycles. The Kier molecular flexibility index (Phi) is 5.20. The second-order valence-electron chi connectivity index (χ2n) is 5.77. The molecule has 126 valence electrons. The van der Waals surface area contributed by atoms with Crippen LogP contribution >= 0.6 is 0 Å². The highest BCUT2D eigenvalue weighted by atomic mass is 16.5. The Labute approximate surface area is 141 Å². The quantitative estimate of drug-likeness (QED) is 0.672. The number of hydrogen-bond donors (Lipinski definition) is 1. The maximum absolute atomic E-state index is 5.18. The van der Waals surface area contributed by atoms with Gasteiger partial charge in [0.1, 0.15) is 0 Å². The number of ether oxygens (including phenoxy) is 1. The van der Waals surface area contributed by atoms with E-state index in [4.69, 9.17) is 4.74 Å². The van der Waals surface area contributed by atoms with Gasteiger partial charge in [-0.3, -0.25) is 0 Å². The van der Waals surface area contributed by atoms with Crippen molar-refractivity contribution >= 4 is 18.1 Å². The van der Waals surface area contributed by atoms with E-state index in [0.717, 1.165) is 31.5 Å². The Morgan fingerprint density at radius 3 is 2.54 bits per heavy atom. The lowest BCUT2D eigenvalue weighted by atomic mass is 10.1. The lowest BCUT2D eigenvalue weighted by Crippen LogP contribution is -2.31. The molecule has 7 heteroatoms. The van der Waals surface area contributed by atoms with Gasteiger partial charge in [0.2, 0.25) is 5.95 Å². The van der Waals surface area contributed by atoms with Crippen LogP contribution in [-0.4, -0.2) is 41.4 Å². The average Bonchev–Trinajstić information content (AvgIpc) is 2.64. The first-order valence-electron chi connectivity index (χ1n) is 8.15. The number of piperidine rings is 1. The van der Waals surface area contributed by atoms with Crippen LogP contribution < -0.4 is 15.1 Å². The third-order valence-electron chi connectivity index (χ3n) is 3.88. The number of aromatic nitrogens is 3. The maximum atomic E-state index is 5.18. The Morgan fingerprint density at radius 2 is 1.83 bits per heavy atom. The first-order valence-corrected chi connectivity index (χ1v) is 8.15. The van der Waals surface area contributed by atoms with Gasteiger partial charge in [-0.15, -0.1) is 0 Å². The van der Waals surface area contributed by atoms with Crippen LogP contribution in [-0.2, 0) is 0 Å². The lowest BCUT2D eigenvalue weighted by molar-refractivity contribution is 0.378. The fraction of sp³-hybridized carbons (Fsp3) is 0.412. The SMILES string of the molecule is COc1nc(NN=Cc2ccc(C)cc2)nc(N2CCCCC2)n1. The molecule has 1 aromatic carbocycles. The highest BCUT2D eigenvalue weighted by molar-refractivity contribution is 5.80. The number of nitrogens with one attached hydrogen (secondary N) is 1. The smallest absolute Gasteiger partial charge is 0.322 e. The Balaban J connectivity index is 1.73. The summed E-state index contributed by atoms with van der Waals surface area (Å²) < 4.78 is 5.18. The standard InChI is InChI=1S/C17H22N6O/c1-13-6-8-14(9-7-13)12-18-22-15-19-16(21-17(20-15)24-2)23-10-4-3-5-11-23/h6-9,12H,3-5,10-11H2,1-2H3,(H,19,20,21,22). The predicted octanol–water partition coefficient (Wildman–Crippen LogP) is 2.62. The highest BCUT2D eigenvalue weighted by Gasteiger charge is 2.16. The molecule has 0 spiro atoms. The summed E-state index contributed by atoms with van der Waals surface area (Å²) in [5.41, 5.74) is 5.08. The number of hydrogen-bond acceptors (Lipinski definition) is 7. The van der Waals surface area contributed by atoms with E-state index in [1.54, 1.807) is 13.3 Å². The topological polar surface area (TPSA) is 75.5 Å². The van der Waals surface area contributed by atoms with Gasteiger partial charge in [0.15, 0.2) is 0 Å². The summed E-state index contributed by atoms with van der Waals surface area (Å²) in [4.78, 5) is 15.1. The van der Waals surface area contributed by atoms with E-state index in [1.807, 2.05) is 24.3 Å². The normalized spacial score (nSPS) is 14.8. The molecule has 2 aromatic rings. The van der Waals surface area contributed by atoms with Crippen molar-refractivity contribution in [2.45, 2.75) is 26.2 Å². The minimum absolute atomic E-state index is 0.290. The number of hydrazone groups is 1. The Morgan fingerprint density at radius 1 is 1.08 bits per heavy atom. The number of anilines is 2. The maximum Gasteiger partial charge on any atom is 0.322 e. The van der Waals surface area contributed by atoms with Gasteiger partial charge >= 0.3 is 6.01 Å². The van der Waals surface area contributed by atoms with E-state index in [1.165, 1.54) is 12.0 Å². The molecule has 0 bridgehead atoms. The molecule has 0 radical (unpaired) electrons. The summed E-state index contributed by atoms with van der Waals surface area (Å²) in [7, 11) is 1.55. The molecular formula is C17H22N6O. The number of nitrogens with zero attached hydrogens (tertiary/aromatic N) is 5. The first kappa shape index (κ1) is 16.2. The number of methoxy groups -OCH3 is 1. The van der Waals surface area contributed by atoms with Gasteiger partial charge in [0, 0.05) is 13.1 Å². The van der Waals surface area contributed by atoms with Crippen molar-refractivity contribution in [3.63, 3.8) is 0 Å². The molecule has 0 amide bonds. The van der Waals surface area contributed by atoms with Crippen LogP contribution in [0.2, 0.25) is 0 Å². The summed E-state index contributed by atoms with van der Waals surface area (Å²) in [5.74, 6) is 1.01. The third-order valence-corrected chi connectivity index (χ3v) is 3.88. The van der Waals surface area contributed by atoms with Crippen LogP contribution in [0.25, 0.3) is 0 Å². The van der Waals surface area contributed by atoms with Gasteiger partial charge in [-0.2, -0.15) is 20.1 Å². The molecule has 2 heterocycles. The van der Waals surface area contributed by atoms with Crippen molar-refractivity contribution in [1.82, 2.24) is 15.0 Å². The monoisotopic (exact) mass is 326 g/mol. The number of rotatable bonds is 5. The zero-order valence-electron chi connectivity index (χ0n) is 14.1. The van der Waals surface area contributed by atoms with Gasteiger partial charge in [0.25, 0.3) is 5.95 Å². The number of benzene rings is 1. The van der Waals surface area contributed by atoms with E-state index in [0.29, 0.717) is 17.9 Å². The van der Waals surface area contributed by atoms with Crippen molar-refractivity contribution in [2.75, 3.05) is 30.5 Å². The molecule has 1 aliphatic rings. The van der Waals surface area contributed by atoms with Gasteiger partial charge in [0.05, 0.1) is 13.3 Å². The van der Waals surface area contributed by atoms with E-state index in [9.17, 15) is 0 Å². The van der Waals surface area contributed by atoms with Gasteiger partial charge in [-0.1, -0.05) is 29.8 Å². The molecule has 0 unspecified atom stereocenters. The average molecular weight is 326 g/mol. The summed E-state index contributed by atoms with van der Waals surface area (Å²) in [5, 5.41) is 4.20. The van der Waals surface area contributed by atoms with Crippen LogP contribution in [0.4, 0.5) is 11.9 Å². The van der Waals surface area contributed by atoms with E-state index in [-0.39, 0.29) is 0 Å². The third kappa shape index (κ3) is 4.18. The second kappa shape index (κ2) is 7.72. The second-order valence-corrected chi connectivity index (χ2v) is 5.77. The molecule has 1 N–H and O–H groups in total. The molecular weight excluding hydrogens is 304 g/mol. The first-order chi connectivity index (χ1) is 11.7. The fourth-order valence-corrected chi connectivity index (χ4v) is 2.54. The van der Waals surface area contributed by atoms with Crippen LogP contribution in [0.5, 0.6) is 6.01 Å². The van der Waals surface area contributed by atoms with E-state index in [2.05, 4.69) is 37.3 Å². The molecule has 1 saturated heterocycles. The lowest BCUT2D eigenvalue weighted by Gasteiger charge is -2.26. The van der Waals surface area contributed by atoms with Crippen LogP contribution in [0, 0.1) is 6.92 Å². The van der Waals surface area contributed by atoms with Crippen LogP contribution in [0.15, 0.2) is 29.4 Å². The number of aryl methyl sites for hydroxylation is 1. The minimum atomic E-state index is 0.290. The van der Waals surface area contributed by atoms with Gasteiger partial charge in [-0.05, 0) is 31.7 Å². The van der Waals surface area contributed by atoms with E-state index < -0.39 is 0 Å². The van der Waals surface area contributed by atoms with Crippen molar-refractivity contribution in [1.29, 1.82) is 0 Å². The molecule has 7 nitrogen and oxygen atoms in total. The fourth-order valence-electron chi connectivity index (χ4n) is 2.54. The summed E-state index contributed by atoms with van der Waals surface area (Å²) in [6.45, 7) is 3.97. The summed E-state index contributed by atoms with van der Waals surface area (Å²) in [6.07, 6.45) is 5.30. The van der Waals surface area contributed by atoms with Gasteiger partial charge in [-0.25, -0.2) is 5.43 Å². The summed E-state index contributed by atoms with van der Waals surface area (Å²) in [6, 6.07) is 8.39. The largest absolute Gasteiger partial charge is 0.467 e. The van der Waals surface area contributed by atoms with Crippen molar-refractivity contribution in [3.8, 4) is 6.01 Å². The van der Waals surface area contributed by atoms with Crippen molar-refractivity contribution in [3.05, 3.63) is 35.4 Å². The summed E-state index contributed by atoms with van der Waals surface area (Å²) >= 11 is 0. The zero-order valence-corrected chi connectivity index (χ0v) is 14.1. The molecule has 3 rings (SSSR count). The molecule has 0 atom stereocenters. The Hall–Kier alpha value is -2.70. The molecule has 1 aliphatic heterocycles. The van der Waals surface area contributed by atoms with E-state index >= 15 is 0 Å². The van der Waals surface area contributed by atoms with Crippen LogP contribution in [0.3, 0.4) is 0 Å².